The van der Waals surface area contributed by atoms with Crippen molar-refractivity contribution in [3.05, 3.63) is 63.1 Å². The molecular formula is C24H23Cl2NO4. The number of hydrogen-bond donors (Lipinski definition) is 0. The lowest BCUT2D eigenvalue weighted by Crippen LogP contribution is -2.52. The molecule has 0 aromatic heterocycles. The summed E-state index contributed by atoms with van der Waals surface area (Å²) in [6, 6.07) is 10.1. The van der Waals surface area contributed by atoms with Gasteiger partial charge in [-0.3, -0.25) is 14.4 Å². The van der Waals surface area contributed by atoms with E-state index in [2.05, 4.69) is 0 Å². The first kappa shape index (κ1) is 21.8. The summed E-state index contributed by atoms with van der Waals surface area (Å²) in [5.74, 6) is 0.502. The lowest BCUT2D eigenvalue weighted by Gasteiger charge is -2.44. The second-order valence-electron chi connectivity index (χ2n) is 8.30. The molecule has 2 aliphatic heterocycles. The van der Waals surface area contributed by atoms with E-state index in [1.807, 2.05) is 6.92 Å². The maximum atomic E-state index is 12.7. The fourth-order valence-corrected chi connectivity index (χ4v) is 4.71. The van der Waals surface area contributed by atoms with Gasteiger partial charge in [0.15, 0.2) is 11.6 Å². The Kier molecular flexibility index (Phi) is 6.09. The van der Waals surface area contributed by atoms with E-state index >= 15 is 0 Å². The number of Topliss-reactive ketones (excluding diaryl/α,β-unsaturated/α-hetero) is 2. The Morgan fingerprint density at radius 1 is 1.03 bits per heavy atom. The molecule has 0 saturated carbocycles. The molecule has 2 aromatic rings. The normalized spacial score (nSPS) is 17.3. The van der Waals surface area contributed by atoms with Crippen molar-refractivity contribution >= 4 is 40.7 Å². The second kappa shape index (κ2) is 8.64. The highest BCUT2D eigenvalue weighted by Crippen LogP contribution is 2.42. The van der Waals surface area contributed by atoms with Gasteiger partial charge in [-0.15, -0.1) is 0 Å². The van der Waals surface area contributed by atoms with Crippen molar-refractivity contribution in [3.63, 3.8) is 0 Å². The zero-order valence-corrected chi connectivity index (χ0v) is 18.8. The number of benzene rings is 2. The number of carbonyl (C=O) groups excluding carboxylic acids is 3. The molecule has 0 unspecified atom stereocenters. The zero-order valence-electron chi connectivity index (χ0n) is 17.2. The highest BCUT2D eigenvalue weighted by atomic mass is 35.5. The van der Waals surface area contributed by atoms with Crippen LogP contribution in [0.4, 0.5) is 0 Å². The molecule has 162 valence electrons. The van der Waals surface area contributed by atoms with Crippen molar-refractivity contribution in [1.29, 1.82) is 0 Å². The summed E-state index contributed by atoms with van der Waals surface area (Å²) in [6.45, 7) is 2.89. The molecule has 1 spiro atoms. The summed E-state index contributed by atoms with van der Waals surface area (Å²) in [6.07, 6.45) is 1.77. The summed E-state index contributed by atoms with van der Waals surface area (Å²) < 4.78 is 6.33. The number of ether oxygens (including phenoxy) is 1. The molecule has 7 heteroatoms. The molecule has 31 heavy (non-hydrogen) atoms. The van der Waals surface area contributed by atoms with Crippen molar-refractivity contribution < 1.29 is 19.1 Å². The molecule has 4 rings (SSSR count). The number of ketones is 2. The predicted octanol–water partition coefficient (Wildman–Crippen LogP) is 5.29. The van der Waals surface area contributed by atoms with E-state index in [0.717, 1.165) is 5.56 Å². The SMILES string of the molecule is Cc1cc(Cl)cc2c1OC1(CCN(C(=O)CCC(=O)c3ccc(Cl)cc3)CC1)CC2=O. The third kappa shape index (κ3) is 4.63. The molecule has 5 nitrogen and oxygen atoms in total. The minimum atomic E-state index is -0.585. The summed E-state index contributed by atoms with van der Waals surface area (Å²) in [4.78, 5) is 39.5. The van der Waals surface area contributed by atoms with Gasteiger partial charge in [-0.1, -0.05) is 23.2 Å². The van der Waals surface area contributed by atoms with Crippen molar-refractivity contribution in [2.24, 2.45) is 0 Å². The molecule has 0 N–H and O–H groups in total. The monoisotopic (exact) mass is 459 g/mol. The van der Waals surface area contributed by atoms with Gasteiger partial charge in [0, 0.05) is 54.4 Å². The van der Waals surface area contributed by atoms with E-state index in [4.69, 9.17) is 27.9 Å². The standard InChI is InChI=1S/C24H23Cl2NO4/c1-15-12-18(26)13-19-21(29)14-24(31-23(15)19)8-10-27(11-9-24)22(30)7-6-20(28)16-2-4-17(25)5-3-16/h2-5,12-13H,6-11,14H2,1H3. The summed E-state index contributed by atoms with van der Waals surface area (Å²) in [5, 5.41) is 1.09. The Bertz CT molecular complexity index is 1040. The first-order valence-electron chi connectivity index (χ1n) is 10.4. The van der Waals surface area contributed by atoms with E-state index < -0.39 is 5.60 Å². The molecule has 0 bridgehead atoms. The molecule has 2 aromatic carbocycles. The molecule has 0 radical (unpaired) electrons. The van der Waals surface area contributed by atoms with Gasteiger partial charge in [0.2, 0.25) is 5.91 Å². The molecule has 1 saturated heterocycles. The van der Waals surface area contributed by atoms with Gasteiger partial charge in [-0.25, -0.2) is 0 Å². The van der Waals surface area contributed by atoms with Crippen molar-refractivity contribution in [1.82, 2.24) is 4.90 Å². The third-order valence-electron chi connectivity index (χ3n) is 6.10. The zero-order chi connectivity index (χ0) is 22.2. The Hall–Kier alpha value is -2.37. The van der Waals surface area contributed by atoms with Crippen LogP contribution in [0, 0.1) is 6.92 Å². The van der Waals surface area contributed by atoms with E-state index in [1.54, 1.807) is 41.3 Å². The van der Waals surface area contributed by atoms with Gasteiger partial charge in [-0.2, -0.15) is 0 Å². The fourth-order valence-electron chi connectivity index (χ4n) is 4.31. The van der Waals surface area contributed by atoms with E-state index in [9.17, 15) is 14.4 Å². The minimum absolute atomic E-state index is 0.0280. The topological polar surface area (TPSA) is 63.7 Å². The Labute approximate surface area is 191 Å². The van der Waals surface area contributed by atoms with Gasteiger partial charge in [-0.05, 0) is 48.9 Å². The van der Waals surface area contributed by atoms with Crippen LogP contribution in [0.1, 0.15) is 58.4 Å². The highest BCUT2D eigenvalue weighted by molar-refractivity contribution is 6.31. The average Bonchev–Trinajstić information content (AvgIpc) is 2.74. The Balaban J connectivity index is 1.35. The van der Waals surface area contributed by atoms with Gasteiger partial charge in [0.1, 0.15) is 11.4 Å². The van der Waals surface area contributed by atoms with Crippen LogP contribution >= 0.6 is 23.2 Å². The molecular weight excluding hydrogens is 437 g/mol. The average molecular weight is 460 g/mol. The van der Waals surface area contributed by atoms with Crippen molar-refractivity contribution in [3.8, 4) is 5.75 Å². The van der Waals surface area contributed by atoms with E-state index in [0.29, 0.717) is 52.9 Å². The molecule has 1 fully saturated rings. The third-order valence-corrected chi connectivity index (χ3v) is 6.57. The van der Waals surface area contributed by atoms with E-state index in [1.165, 1.54) is 0 Å². The molecule has 1 amide bonds. The van der Waals surface area contributed by atoms with Crippen LogP contribution in [0.2, 0.25) is 10.0 Å². The van der Waals surface area contributed by atoms with Crippen LogP contribution in [0.5, 0.6) is 5.75 Å². The first-order chi connectivity index (χ1) is 14.8. The molecule has 2 heterocycles. The number of rotatable bonds is 4. The second-order valence-corrected chi connectivity index (χ2v) is 9.17. The predicted molar refractivity (Wildman–Crippen MR) is 119 cm³/mol. The Morgan fingerprint density at radius 3 is 2.39 bits per heavy atom. The van der Waals surface area contributed by atoms with Gasteiger partial charge in [0.25, 0.3) is 0 Å². The number of hydrogen-bond acceptors (Lipinski definition) is 4. The number of likely N-dealkylation sites (tertiary alicyclic amines) is 1. The maximum Gasteiger partial charge on any atom is 0.223 e. The number of halogens is 2. The summed E-state index contributed by atoms with van der Waals surface area (Å²) >= 11 is 11.9. The lowest BCUT2D eigenvalue weighted by atomic mass is 9.82. The quantitative estimate of drug-likeness (QED) is 0.582. The molecule has 0 atom stereocenters. The van der Waals surface area contributed by atoms with Gasteiger partial charge < -0.3 is 9.64 Å². The molecule has 2 aliphatic rings. The maximum absolute atomic E-state index is 12.7. The van der Waals surface area contributed by atoms with Gasteiger partial charge in [0.05, 0.1) is 12.0 Å². The largest absolute Gasteiger partial charge is 0.486 e. The Morgan fingerprint density at radius 2 is 1.71 bits per heavy atom. The number of fused-ring (bicyclic) bond motifs is 1. The highest BCUT2D eigenvalue weighted by Gasteiger charge is 2.44. The van der Waals surface area contributed by atoms with Gasteiger partial charge >= 0.3 is 0 Å². The number of piperidine rings is 1. The van der Waals surface area contributed by atoms with Crippen LogP contribution in [-0.4, -0.2) is 41.1 Å². The minimum Gasteiger partial charge on any atom is -0.486 e. The van der Waals surface area contributed by atoms with Crippen LogP contribution in [-0.2, 0) is 4.79 Å². The van der Waals surface area contributed by atoms with Crippen LogP contribution in [0.25, 0.3) is 0 Å². The molecule has 0 aliphatic carbocycles. The smallest absolute Gasteiger partial charge is 0.223 e. The first-order valence-corrected chi connectivity index (χ1v) is 11.1. The van der Waals surface area contributed by atoms with Crippen LogP contribution in [0.3, 0.4) is 0 Å². The summed E-state index contributed by atoms with van der Waals surface area (Å²) in [7, 11) is 0. The van der Waals surface area contributed by atoms with Crippen molar-refractivity contribution in [2.45, 2.75) is 44.6 Å². The number of aryl methyl sites for hydroxylation is 1. The fraction of sp³-hybridized carbons (Fsp3) is 0.375. The van der Waals surface area contributed by atoms with Crippen LogP contribution in [0.15, 0.2) is 36.4 Å². The lowest BCUT2D eigenvalue weighted by molar-refractivity contribution is -0.134. The number of nitrogens with zero attached hydrogens (tertiary/aromatic N) is 1. The summed E-state index contributed by atoms with van der Waals surface area (Å²) in [5.41, 5.74) is 1.35. The van der Waals surface area contributed by atoms with Crippen LogP contribution < -0.4 is 4.74 Å². The van der Waals surface area contributed by atoms with Crippen molar-refractivity contribution in [2.75, 3.05) is 13.1 Å². The number of amides is 1. The van der Waals surface area contributed by atoms with E-state index in [-0.39, 0.29) is 36.7 Å². The number of carbonyl (C=O) groups is 3.